The van der Waals surface area contributed by atoms with Crippen molar-refractivity contribution in [1.29, 1.82) is 5.26 Å². The number of hydrogen-bond donors (Lipinski definition) is 0. The number of hydrogen-bond acceptors (Lipinski definition) is 3. The number of nitriles is 1. The Hall–Kier alpha value is -3.56. The minimum atomic E-state index is -0.931. The third-order valence-corrected chi connectivity index (χ3v) is 5.39. The van der Waals surface area contributed by atoms with Crippen LogP contribution in [0.15, 0.2) is 60.7 Å². The van der Waals surface area contributed by atoms with Crippen LogP contribution in [-0.4, -0.2) is 37.1 Å². The van der Waals surface area contributed by atoms with Crippen LogP contribution in [0.1, 0.15) is 27.0 Å². The van der Waals surface area contributed by atoms with E-state index in [0.29, 0.717) is 49.4 Å². The molecule has 0 spiro atoms. The molecule has 6 heteroatoms. The van der Waals surface area contributed by atoms with E-state index in [9.17, 15) is 18.8 Å². The molecule has 0 radical (unpaired) electrons. The summed E-state index contributed by atoms with van der Waals surface area (Å²) in [4.78, 5) is 14.3. The molecule has 1 amide bonds. The molecule has 0 saturated carbocycles. The summed E-state index contributed by atoms with van der Waals surface area (Å²) in [5.41, 5.74) is 3.30. The molecule has 0 N–H and O–H groups in total. The Labute approximate surface area is 179 Å². The van der Waals surface area contributed by atoms with Crippen LogP contribution >= 0.6 is 0 Å². The van der Waals surface area contributed by atoms with Gasteiger partial charge in [0.25, 0.3) is 5.91 Å². The molecule has 1 fully saturated rings. The molecule has 0 aliphatic carbocycles. The fraction of sp³-hybridized carbons (Fsp3) is 0.200. The van der Waals surface area contributed by atoms with E-state index < -0.39 is 11.6 Å². The first kappa shape index (κ1) is 20.7. The second-order valence-electron chi connectivity index (χ2n) is 7.36. The van der Waals surface area contributed by atoms with Crippen molar-refractivity contribution in [2.45, 2.75) is 6.42 Å². The van der Waals surface area contributed by atoms with Crippen molar-refractivity contribution in [2.75, 3.05) is 26.3 Å². The van der Waals surface area contributed by atoms with Crippen molar-refractivity contribution in [1.82, 2.24) is 4.90 Å². The van der Waals surface area contributed by atoms with Gasteiger partial charge in [0.15, 0.2) is 11.6 Å². The summed E-state index contributed by atoms with van der Waals surface area (Å²) in [6.45, 7) is 2.28. The number of carbonyl (C=O) groups excluding carboxylic acids is 1. The van der Waals surface area contributed by atoms with E-state index in [0.717, 1.165) is 17.2 Å². The number of amides is 1. The smallest absolute Gasteiger partial charge is 0.254 e. The van der Waals surface area contributed by atoms with E-state index in [1.54, 1.807) is 35.2 Å². The highest BCUT2D eigenvalue weighted by atomic mass is 19.2. The molecule has 4 nitrogen and oxygen atoms in total. The zero-order chi connectivity index (χ0) is 21.8. The van der Waals surface area contributed by atoms with E-state index in [-0.39, 0.29) is 11.5 Å². The lowest BCUT2D eigenvalue weighted by Crippen LogP contribution is -2.40. The number of nitrogens with zero attached hydrogens (tertiary/aromatic N) is 2. The Balaban J connectivity index is 1.53. The van der Waals surface area contributed by atoms with Crippen LogP contribution < -0.4 is 0 Å². The van der Waals surface area contributed by atoms with E-state index in [1.807, 2.05) is 12.1 Å². The Morgan fingerprint density at radius 2 is 1.77 bits per heavy atom. The Morgan fingerprint density at radius 1 is 1.03 bits per heavy atom. The van der Waals surface area contributed by atoms with Gasteiger partial charge in [-0.25, -0.2) is 8.78 Å². The molecule has 4 rings (SSSR count). The van der Waals surface area contributed by atoms with Crippen molar-refractivity contribution in [3.63, 3.8) is 0 Å². The first-order chi connectivity index (χ1) is 15.1. The van der Waals surface area contributed by atoms with Crippen molar-refractivity contribution in [3.05, 3.63) is 94.6 Å². The summed E-state index contributed by atoms with van der Waals surface area (Å²) in [6, 6.07) is 18.5. The lowest BCUT2D eigenvalue weighted by atomic mass is 9.95. The molecule has 0 bridgehead atoms. The molecule has 1 aliphatic heterocycles. The normalized spacial score (nSPS) is 13.6. The topological polar surface area (TPSA) is 53.3 Å². The summed E-state index contributed by atoms with van der Waals surface area (Å²) in [6.07, 6.45) is 0.487. The summed E-state index contributed by atoms with van der Waals surface area (Å²) in [5.74, 6) is -1.87. The number of rotatable bonds is 4. The molecular weight excluding hydrogens is 398 g/mol. The van der Waals surface area contributed by atoms with E-state index in [2.05, 4.69) is 6.07 Å². The van der Waals surface area contributed by atoms with E-state index in [1.165, 1.54) is 12.1 Å². The van der Waals surface area contributed by atoms with Gasteiger partial charge < -0.3 is 9.64 Å². The summed E-state index contributed by atoms with van der Waals surface area (Å²) >= 11 is 0. The average molecular weight is 418 g/mol. The second-order valence-corrected chi connectivity index (χ2v) is 7.36. The Bertz CT molecular complexity index is 1150. The third kappa shape index (κ3) is 4.47. The molecular formula is C25H20F2N2O2. The van der Waals surface area contributed by atoms with Crippen molar-refractivity contribution in [2.24, 2.45) is 0 Å². The van der Waals surface area contributed by atoms with Gasteiger partial charge in [0, 0.05) is 24.2 Å². The fourth-order valence-electron chi connectivity index (χ4n) is 3.66. The number of carbonyl (C=O) groups is 1. The maximum atomic E-state index is 14.1. The van der Waals surface area contributed by atoms with Crippen molar-refractivity contribution in [3.8, 4) is 17.2 Å². The molecule has 31 heavy (non-hydrogen) atoms. The standard InChI is InChI=1S/C25H20F2N2O2/c26-23-3-1-2-22(24(23)27)20-9-8-19(21(15-20)16-28)14-17-4-6-18(7-5-17)25(30)29-10-12-31-13-11-29/h1-9,15H,10-14H2. The van der Waals surface area contributed by atoms with Gasteiger partial charge in [-0.2, -0.15) is 5.26 Å². The van der Waals surface area contributed by atoms with Crippen LogP contribution in [0.25, 0.3) is 11.1 Å². The second kappa shape index (κ2) is 9.07. The third-order valence-electron chi connectivity index (χ3n) is 5.39. The average Bonchev–Trinajstić information content (AvgIpc) is 2.82. The minimum absolute atomic E-state index is 0.0194. The zero-order valence-electron chi connectivity index (χ0n) is 16.8. The van der Waals surface area contributed by atoms with Crippen LogP contribution in [0.4, 0.5) is 8.78 Å². The summed E-state index contributed by atoms with van der Waals surface area (Å²) < 4.78 is 32.9. The molecule has 1 heterocycles. The van der Waals surface area contributed by atoms with E-state index >= 15 is 0 Å². The highest BCUT2D eigenvalue weighted by molar-refractivity contribution is 5.94. The van der Waals surface area contributed by atoms with Gasteiger partial charge in [-0.1, -0.05) is 36.4 Å². The van der Waals surface area contributed by atoms with Crippen molar-refractivity contribution < 1.29 is 18.3 Å². The number of benzene rings is 3. The van der Waals surface area contributed by atoms with E-state index in [4.69, 9.17) is 4.74 Å². The predicted molar refractivity (Wildman–Crippen MR) is 112 cm³/mol. The largest absolute Gasteiger partial charge is 0.378 e. The van der Waals surface area contributed by atoms with Crippen LogP contribution in [0.5, 0.6) is 0 Å². The quantitative estimate of drug-likeness (QED) is 0.624. The number of morpholine rings is 1. The molecule has 3 aromatic carbocycles. The van der Waals surface area contributed by atoms with Gasteiger partial charge in [0.2, 0.25) is 0 Å². The van der Waals surface area contributed by atoms with Crippen LogP contribution in [0.2, 0.25) is 0 Å². The maximum Gasteiger partial charge on any atom is 0.254 e. The predicted octanol–water partition coefficient (Wildman–Crippen LogP) is 4.57. The SMILES string of the molecule is N#Cc1cc(-c2cccc(F)c2F)ccc1Cc1ccc(C(=O)N2CCOCC2)cc1. The molecule has 1 saturated heterocycles. The Morgan fingerprint density at radius 3 is 2.48 bits per heavy atom. The van der Waals surface area contributed by atoms with Crippen molar-refractivity contribution >= 4 is 5.91 Å². The van der Waals surface area contributed by atoms with Gasteiger partial charge in [-0.3, -0.25) is 4.79 Å². The minimum Gasteiger partial charge on any atom is -0.378 e. The lowest BCUT2D eigenvalue weighted by molar-refractivity contribution is 0.0303. The Kier molecular flexibility index (Phi) is 6.06. The summed E-state index contributed by atoms with van der Waals surface area (Å²) in [7, 11) is 0. The zero-order valence-corrected chi connectivity index (χ0v) is 16.8. The first-order valence-corrected chi connectivity index (χ1v) is 10.00. The lowest BCUT2D eigenvalue weighted by Gasteiger charge is -2.26. The van der Waals surface area contributed by atoms with Crippen LogP contribution in [0, 0.1) is 23.0 Å². The molecule has 0 aromatic heterocycles. The number of halogens is 2. The molecule has 0 atom stereocenters. The molecule has 1 aliphatic rings. The van der Waals surface area contributed by atoms with Crippen LogP contribution in [0.3, 0.4) is 0 Å². The molecule has 0 unspecified atom stereocenters. The monoisotopic (exact) mass is 418 g/mol. The maximum absolute atomic E-state index is 14.1. The van der Waals surface area contributed by atoms with Gasteiger partial charge >= 0.3 is 0 Å². The van der Waals surface area contributed by atoms with Gasteiger partial charge in [0.05, 0.1) is 24.8 Å². The highest BCUT2D eigenvalue weighted by Crippen LogP contribution is 2.27. The highest BCUT2D eigenvalue weighted by Gasteiger charge is 2.18. The molecule has 3 aromatic rings. The summed E-state index contributed by atoms with van der Waals surface area (Å²) in [5, 5.41) is 9.57. The van der Waals surface area contributed by atoms with Gasteiger partial charge in [-0.05, 0) is 47.4 Å². The van der Waals surface area contributed by atoms with Crippen LogP contribution in [-0.2, 0) is 11.2 Å². The van der Waals surface area contributed by atoms with Gasteiger partial charge in [-0.15, -0.1) is 0 Å². The van der Waals surface area contributed by atoms with Gasteiger partial charge in [0.1, 0.15) is 0 Å². The first-order valence-electron chi connectivity index (χ1n) is 10.00. The fourth-order valence-corrected chi connectivity index (χ4v) is 3.66. The molecule has 156 valence electrons. The number of ether oxygens (including phenoxy) is 1.